The number of nitrogens with zero attached hydrogens (tertiary/aromatic N) is 2. The highest BCUT2D eigenvalue weighted by Crippen LogP contribution is 2.38. The van der Waals surface area contributed by atoms with Crippen LogP contribution in [-0.2, 0) is 9.59 Å². The van der Waals surface area contributed by atoms with Gasteiger partial charge in [0.05, 0.1) is 11.1 Å². The molecule has 12 heteroatoms. The second kappa shape index (κ2) is 6.11. The molecule has 2 aliphatic rings. The number of rotatable bonds is 3. The fourth-order valence-electron chi connectivity index (χ4n) is 3.33. The predicted molar refractivity (Wildman–Crippen MR) is 80.7 cm³/mol. The number of hydrogen-bond acceptors (Lipinski definition) is 5. The molecule has 0 bridgehead atoms. The first-order valence-electron chi connectivity index (χ1n) is 7.98. The van der Waals surface area contributed by atoms with Crippen LogP contribution in [0.5, 0.6) is 0 Å². The second-order valence-corrected chi connectivity index (χ2v) is 5.97. The van der Waals surface area contributed by atoms with Gasteiger partial charge >= 0.3 is 6.03 Å². The zero-order valence-corrected chi connectivity index (χ0v) is 14.4. The Kier molecular flexibility index (Phi) is 4.24. The molecule has 1 aromatic carbocycles. The first-order valence-corrected chi connectivity index (χ1v) is 7.98. The fraction of sp³-hybridized carbons (Fsp3) is 0.312. The van der Waals surface area contributed by atoms with E-state index in [1.165, 1.54) is 13.8 Å². The number of urea groups is 1. The first kappa shape index (κ1) is 19.5. The first-order chi connectivity index (χ1) is 13.1. The second-order valence-electron chi connectivity index (χ2n) is 5.97. The number of nitrogens with one attached hydrogen (secondary N) is 1. The lowest BCUT2D eigenvalue weighted by atomic mass is 9.88. The molecule has 0 spiro atoms. The summed E-state index contributed by atoms with van der Waals surface area (Å²) in [6.45, 7) is 2.31. The van der Waals surface area contributed by atoms with E-state index in [0.717, 1.165) is 0 Å². The molecule has 1 unspecified atom stereocenters. The third kappa shape index (κ3) is 2.08. The summed E-state index contributed by atoms with van der Waals surface area (Å²) in [5, 5.41) is 1.79. The van der Waals surface area contributed by atoms with Gasteiger partial charge in [-0.05, 0) is 13.3 Å². The molecule has 8 nitrogen and oxygen atoms in total. The third-order valence-corrected chi connectivity index (χ3v) is 4.75. The van der Waals surface area contributed by atoms with Crippen molar-refractivity contribution in [1.82, 2.24) is 15.1 Å². The molecule has 0 aliphatic carbocycles. The molecule has 0 radical (unpaired) electrons. The third-order valence-electron chi connectivity index (χ3n) is 4.75. The summed E-state index contributed by atoms with van der Waals surface area (Å²) in [5.41, 5.74) is -5.53. The molecule has 0 aromatic heterocycles. The van der Waals surface area contributed by atoms with Crippen LogP contribution >= 0.6 is 0 Å². The number of imide groups is 3. The van der Waals surface area contributed by atoms with Gasteiger partial charge < -0.3 is 0 Å². The maximum atomic E-state index is 14.1. The van der Waals surface area contributed by atoms with Crippen LogP contribution in [0.3, 0.4) is 0 Å². The van der Waals surface area contributed by atoms with Crippen molar-refractivity contribution < 1.29 is 41.5 Å². The minimum Gasteiger partial charge on any atom is -0.275 e. The van der Waals surface area contributed by atoms with E-state index in [-0.39, 0.29) is 11.4 Å². The van der Waals surface area contributed by atoms with E-state index < -0.39 is 76.0 Å². The molecule has 2 heterocycles. The zero-order chi connectivity index (χ0) is 21.1. The van der Waals surface area contributed by atoms with Crippen molar-refractivity contribution in [3.8, 4) is 0 Å². The Hall–Kier alpha value is -3.31. The minimum atomic E-state index is -2.66. The molecule has 1 fully saturated rings. The van der Waals surface area contributed by atoms with Gasteiger partial charge in [0.25, 0.3) is 23.6 Å². The number of hydrogen-bond donors (Lipinski definition) is 1. The van der Waals surface area contributed by atoms with Crippen molar-refractivity contribution in [2.24, 2.45) is 0 Å². The fourth-order valence-corrected chi connectivity index (χ4v) is 3.33. The summed E-state index contributed by atoms with van der Waals surface area (Å²) in [6, 6.07) is -1.12. The number of barbiturate groups is 1. The van der Waals surface area contributed by atoms with Gasteiger partial charge in [0.15, 0.2) is 23.3 Å². The van der Waals surface area contributed by atoms with Gasteiger partial charge in [0.1, 0.15) is 0 Å². The zero-order valence-electron chi connectivity index (χ0n) is 14.4. The lowest BCUT2D eigenvalue weighted by Crippen LogP contribution is -2.74. The molecular weight excluding hydrogens is 390 g/mol. The normalized spacial score (nSPS) is 22.1. The van der Waals surface area contributed by atoms with E-state index in [4.69, 9.17) is 0 Å². The molecule has 1 N–H and O–H groups in total. The van der Waals surface area contributed by atoms with E-state index in [2.05, 4.69) is 0 Å². The summed E-state index contributed by atoms with van der Waals surface area (Å²) in [7, 11) is 0. The molecule has 28 heavy (non-hydrogen) atoms. The standard InChI is InChI=1S/C16H11F4N3O5/c1-3-16(13(26)21-15(28)22(4-2)14(16)27)23-11(24)5-6(12(23)25)8(18)10(20)9(19)7(5)17/h3-4H2,1-2H3,(H,21,26,28). The maximum absolute atomic E-state index is 14.1. The van der Waals surface area contributed by atoms with Gasteiger partial charge in [-0.2, -0.15) is 0 Å². The number of amides is 6. The van der Waals surface area contributed by atoms with Crippen molar-refractivity contribution >= 4 is 29.7 Å². The van der Waals surface area contributed by atoms with Crippen LogP contribution in [0.1, 0.15) is 41.0 Å². The molecule has 2 aliphatic heterocycles. The van der Waals surface area contributed by atoms with Crippen LogP contribution in [0.25, 0.3) is 0 Å². The molecular formula is C16H11F4N3O5. The Bertz CT molecular complexity index is 948. The smallest absolute Gasteiger partial charge is 0.275 e. The van der Waals surface area contributed by atoms with Crippen LogP contribution in [0, 0.1) is 23.3 Å². The molecule has 148 valence electrons. The van der Waals surface area contributed by atoms with Crippen LogP contribution in [0.4, 0.5) is 22.4 Å². The Balaban J connectivity index is 2.27. The molecule has 1 atom stereocenters. The summed E-state index contributed by atoms with van der Waals surface area (Å²) < 4.78 is 55.3. The Morgan fingerprint density at radius 2 is 1.29 bits per heavy atom. The topological polar surface area (TPSA) is 104 Å². The molecule has 1 aromatic rings. The van der Waals surface area contributed by atoms with Gasteiger partial charge in [-0.15, -0.1) is 0 Å². The Morgan fingerprint density at radius 3 is 1.68 bits per heavy atom. The average molecular weight is 401 g/mol. The van der Waals surface area contributed by atoms with E-state index in [1.807, 2.05) is 0 Å². The van der Waals surface area contributed by atoms with Crippen molar-refractivity contribution in [3.63, 3.8) is 0 Å². The van der Waals surface area contributed by atoms with E-state index in [0.29, 0.717) is 4.90 Å². The van der Waals surface area contributed by atoms with Crippen LogP contribution in [-0.4, -0.2) is 51.5 Å². The van der Waals surface area contributed by atoms with Crippen molar-refractivity contribution in [2.75, 3.05) is 6.54 Å². The largest absolute Gasteiger partial charge is 0.330 e. The monoisotopic (exact) mass is 401 g/mol. The van der Waals surface area contributed by atoms with E-state index >= 15 is 0 Å². The van der Waals surface area contributed by atoms with Gasteiger partial charge in [-0.3, -0.25) is 29.4 Å². The van der Waals surface area contributed by atoms with Gasteiger partial charge in [0.2, 0.25) is 5.54 Å². The van der Waals surface area contributed by atoms with Gasteiger partial charge in [-0.1, -0.05) is 6.92 Å². The maximum Gasteiger partial charge on any atom is 0.330 e. The summed E-state index contributed by atoms with van der Waals surface area (Å²) >= 11 is 0. The van der Waals surface area contributed by atoms with Gasteiger partial charge in [0, 0.05) is 6.54 Å². The highest BCUT2D eigenvalue weighted by atomic mass is 19.2. The average Bonchev–Trinajstić information content (AvgIpc) is 2.91. The van der Waals surface area contributed by atoms with E-state index in [1.54, 1.807) is 5.32 Å². The quantitative estimate of drug-likeness (QED) is 0.269. The molecule has 6 amide bonds. The van der Waals surface area contributed by atoms with Crippen LogP contribution in [0.15, 0.2) is 0 Å². The van der Waals surface area contributed by atoms with Gasteiger partial charge in [-0.25, -0.2) is 27.3 Å². The number of halogens is 4. The summed E-state index contributed by atoms with van der Waals surface area (Å²) in [4.78, 5) is 62.9. The SMILES string of the molecule is CCN1C(=O)NC(=O)C(CC)(N2C(=O)c3c(F)c(F)c(F)c(F)c3C2=O)C1=O. The Morgan fingerprint density at radius 1 is 0.821 bits per heavy atom. The number of likely N-dealkylation sites (N-methyl/N-ethyl adjacent to an activating group) is 1. The van der Waals surface area contributed by atoms with Crippen molar-refractivity contribution in [2.45, 2.75) is 25.8 Å². The molecule has 3 rings (SSSR count). The number of benzene rings is 1. The van der Waals surface area contributed by atoms with Crippen molar-refractivity contribution in [1.29, 1.82) is 0 Å². The highest BCUT2D eigenvalue weighted by molar-refractivity contribution is 6.31. The summed E-state index contributed by atoms with van der Waals surface area (Å²) in [6.07, 6.45) is -0.568. The minimum absolute atomic E-state index is 0.0600. The van der Waals surface area contributed by atoms with E-state index in [9.17, 15) is 41.5 Å². The van der Waals surface area contributed by atoms with Crippen LogP contribution in [0.2, 0.25) is 0 Å². The molecule has 0 saturated carbocycles. The molecule has 1 saturated heterocycles. The lowest BCUT2D eigenvalue weighted by molar-refractivity contribution is -0.151. The summed E-state index contributed by atoms with van der Waals surface area (Å²) in [5.74, 6) is -15.0. The number of carbonyl (C=O) groups is 5. The lowest BCUT2D eigenvalue weighted by Gasteiger charge is -2.42. The Labute approximate surface area is 154 Å². The van der Waals surface area contributed by atoms with Crippen molar-refractivity contribution in [3.05, 3.63) is 34.4 Å². The number of fused-ring (bicyclic) bond motifs is 1. The highest BCUT2D eigenvalue weighted by Gasteiger charge is 2.63. The van der Waals surface area contributed by atoms with Crippen LogP contribution < -0.4 is 5.32 Å². The number of carbonyl (C=O) groups excluding carboxylic acids is 5. The predicted octanol–water partition coefficient (Wildman–Crippen LogP) is 1.09.